The normalized spacial score (nSPS) is 12.9. The monoisotopic (exact) mass is 444 g/mol. The second kappa shape index (κ2) is 11.2. The van der Waals surface area contributed by atoms with Gasteiger partial charge in [-0.2, -0.15) is 0 Å². The van der Waals surface area contributed by atoms with Crippen molar-refractivity contribution in [2.75, 3.05) is 6.61 Å². The number of halogens is 1. The van der Waals surface area contributed by atoms with Crippen LogP contribution in [-0.2, 0) is 24.1 Å². The van der Waals surface area contributed by atoms with Gasteiger partial charge in [-0.1, -0.05) is 64.4 Å². The summed E-state index contributed by atoms with van der Waals surface area (Å²) in [7, 11) is 0. The van der Waals surface area contributed by atoms with E-state index in [0.29, 0.717) is 22.9 Å². The molecule has 0 unspecified atom stereocenters. The van der Waals surface area contributed by atoms with Crippen LogP contribution in [0.2, 0.25) is 5.02 Å². The van der Waals surface area contributed by atoms with E-state index in [4.69, 9.17) is 11.6 Å². The van der Waals surface area contributed by atoms with Crippen LogP contribution in [0, 0.1) is 11.3 Å². The highest BCUT2D eigenvalue weighted by Crippen LogP contribution is 2.30. The third kappa shape index (κ3) is 7.97. The average molecular weight is 445 g/mol. The van der Waals surface area contributed by atoms with Gasteiger partial charge < -0.3 is 10.2 Å². The van der Waals surface area contributed by atoms with Crippen molar-refractivity contribution in [2.24, 2.45) is 11.3 Å². The maximum absolute atomic E-state index is 12.7. The van der Waals surface area contributed by atoms with Crippen LogP contribution in [0.5, 0.6) is 5.75 Å². The molecule has 3 nitrogen and oxygen atoms in total. The van der Waals surface area contributed by atoms with E-state index in [9.17, 15) is 15.0 Å². The third-order valence-corrected chi connectivity index (χ3v) is 6.13. The first-order valence-electron chi connectivity index (χ1n) is 11.2. The first-order valence-corrected chi connectivity index (χ1v) is 11.6. The summed E-state index contributed by atoms with van der Waals surface area (Å²) in [5.41, 5.74) is 4.77. The number of hydrogen-bond donors (Lipinski definition) is 2. The minimum Gasteiger partial charge on any atom is -0.508 e. The van der Waals surface area contributed by atoms with Crippen LogP contribution < -0.4 is 0 Å². The fraction of sp³-hybridized carbons (Fsp3) is 0.519. The molecule has 0 aromatic heterocycles. The Morgan fingerprint density at radius 3 is 2.42 bits per heavy atom. The molecule has 4 heteroatoms. The van der Waals surface area contributed by atoms with Gasteiger partial charge in [0.2, 0.25) is 0 Å². The highest BCUT2D eigenvalue weighted by atomic mass is 35.5. The van der Waals surface area contributed by atoms with Crippen molar-refractivity contribution in [2.45, 2.75) is 72.6 Å². The number of carbonyl (C=O) groups is 1. The summed E-state index contributed by atoms with van der Waals surface area (Å²) in [5.74, 6) is 0.354. The molecule has 0 radical (unpaired) electrons. The molecule has 0 spiro atoms. The van der Waals surface area contributed by atoms with Crippen LogP contribution in [-0.4, -0.2) is 22.6 Å². The maximum Gasteiger partial charge on any atom is 0.137 e. The van der Waals surface area contributed by atoms with Gasteiger partial charge in [0, 0.05) is 24.5 Å². The molecule has 0 saturated heterocycles. The number of aliphatic hydroxyl groups excluding tert-OH is 1. The predicted octanol–water partition coefficient (Wildman–Crippen LogP) is 6.50. The molecule has 170 valence electrons. The second-order valence-corrected chi connectivity index (χ2v) is 10.6. The van der Waals surface area contributed by atoms with Crippen LogP contribution in [0.25, 0.3) is 0 Å². The summed E-state index contributed by atoms with van der Waals surface area (Å²) in [6, 6.07) is 11.1. The van der Waals surface area contributed by atoms with Crippen molar-refractivity contribution in [3.05, 3.63) is 63.7 Å². The summed E-state index contributed by atoms with van der Waals surface area (Å²) in [5, 5.41) is 20.2. The van der Waals surface area contributed by atoms with Crippen LogP contribution >= 0.6 is 11.6 Å². The zero-order valence-corrected chi connectivity index (χ0v) is 20.3. The molecule has 2 rings (SSSR count). The second-order valence-electron chi connectivity index (χ2n) is 10.1. The predicted molar refractivity (Wildman–Crippen MR) is 129 cm³/mol. The molecule has 0 amide bonds. The maximum atomic E-state index is 12.7. The standard InChI is InChI=1S/C27H37ClO3/c1-18(2)24-8-6-7-20(11-12-27(3,4)5)25(24)14-19(17-29)13-23(31)16-21-15-22(30)9-10-26(21)28/h6-10,15,18-19,29-30H,11-14,16-17H2,1-5H3/t19-/m1/s1. The van der Waals surface area contributed by atoms with E-state index in [0.717, 1.165) is 12.8 Å². The van der Waals surface area contributed by atoms with Gasteiger partial charge in [-0.3, -0.25) is 4.79 Å². The van der Waals surface area contributed by atoms with Gasteiger partial charge in [-0.05, 0) is 77.0 Å². The Kier molecular flexibility index (Phi) is 9.14. The van der Waals surface area contributed by atoms with Gasteiger partial charge in [-0.15, -0.1) is 0 Å². The molecule has 0 saturated carbocycles. The zero-order chi connectivity index (χ0) is 23.2. The largest absolute Gasteiger partial charge is 0.508 e. The number of aromatic hydroxyl groups is 1. The Bertz CT molecular complexity index is 881. The molecule has 0 aliphatic carbocycles. The Balaban J connectivity index is 2.19. The van der Waals surface area contributed by atoms with Crippen LogP contribution in [0.3, 0.4) is 0 Å². The highest BCUT2D eigenvalue weighted by molar-refractivity contribution is 6.31. The Hall–Kier alpha value is -1.84. The van der Waals surface area contributed by atoms with Gasteiger partial charge in [0.25, 0.3) is 0 Å². The first kappa shape index (κ1) is 25.4. The van der Waals surface area contributed by atoms with E-state index >= 15 is 0 Å². The van der Waals surface area contributed by atoms with Crippen molar-refractivity contribution in [3.63, 3.8) is 0 Å². The molecule has 0 aliphatic heterocycles. The third-order valence-electron chi connectivity index (χ3n) is 5.76. The number of ketones is 1. The number of Topliss-reactive ketones (excluding diaryl/α,β-unsaturated/α-hetero) is 1. The first-order chi connectivity index (χ1) is 14.5. The van der Waals surface area contributed by atoms with Crippen molar-refractivity contribution < 1.29 is 15.0 Å². The van der Waals surface area contributed by atoms with Gasteiger partial charge in [0.15, 0.2) is 0 Å². The molecule has 2 aromatic carbocycles. The minimum absolute atomic E-state index is 0.0184. The van der Waals surface area contributed by atoms with Crippen molar-refractivity contribution in [1.29, 1.82) is 0 Å². The number of aryl methyl sites for hydroxylation is 1. The van der Waals surface area contributed by atoms with E-state index < -0.39 is 0 Å². The quantitative estimate of drug-likeness (QED) is 0.439. The van der Waals surface area contributed by atoms with Gasteiger partial charge in [-0.25, -0.2) is 0 Å². The van der Waals surface area contributed by atoms with Gasteiger partial charge in [0.05, 0.1) is 0 Å². The van der Waals surface area contributed by atoms with Crippen molar-refractivity contribution in [1.82, 2.24) is 0 Å². The Labute approximate surface area is 192 Å². The van der Waals surface area contributed by atoms with E-state index in [-0.39, 0.29) is 42.3 Å². The molecule has 2 aromatic rings. The summed E-state index contributed by atoms with van der Waals surface area (Å²) in [4.78, 5) is 12.7. The number of phenolic OH excluding ortho intramolecular Hbond substituents is 1. The number of benzene rings is 2. The molecule has 31 heavy (non-hydrogen) atoms. The number of rotatable bonds is 10. The SMILES string of the molecule is CC(C)c1cccc(CCC(C)(C)C)c1C[C@H](CO)CC(=O)Cc1cc(O)ccc1Cl. The highest BCUT2D eigenvalue weighted by Gasteiger charge is 2.21. The molecule has 0 heterocycles. The summed E-state index contributed by atoms with van der Waals surface area (Å²) < 4.78 is 0. The lowest BCUT2D eigenvalue weighted by molar-refractivity contribution is -0.119. The molecule has 1 atom stereocenters. The number of aliphatic hydroxyl groups is 1. The molecule has 2 N–H and O–H groups in total. The van der Waals surface area contributed by atoms with Gasteiger partial charge in [0.1, 0.15) is 11.5 Å². The number of carbonyl (C=O) groups excluding carboxylic acids is 1. The van der Waals surface area contributed by atoms with E-state index in [1.54, 1.807) is 6.07 Å². The van der Waals surface area contributed by atoms with Crippen molar-refractivity contribution in [3.8, 4) is 5.75 Å². The topological polar surface area (TPSA) is 57.5 Å². The van der Waals surface area contributed by atoms with Crippen LogP contribution in [0.4, 0.5) is 0 Å². The van der Waals surface area contributed by atoms with Crippen LogP contribution in [0.15, 0.2) is 36.4 Å². The lowest BCUT2D eigenvalue weighted by Gasteiger charge is -2.24. The molecular weight excluding hydrogens is 408 g/mol. The molecule has 0 aliphatic rings. The minimum atomic E-state index is -0.142. The van der Waals surface area contributed by atoms with E-state index in [1.807, 2.05) is 0 Å². The Morgan fingerprint density at radius 1 is 1.10 bits per heavy atom. The molecule has 0 bridgehead atoms. The fourth-order valence-electron chi connectivity index (χ4n) is 3.98. The van der Waals surface area contributed by atoms with Gasteiger partial charge >= 0.3 is 0 Å². The zero-order valence-electron chi connectivity index (χ0n) is 19.5. The average Bonchev–Trinajstić information content (AvgIpc) is 2.68. The van der Waals surface area contributed by atoms with E-state index in [2.05, 4.69) is 52.8 Å². The lowest BCUT2D eigenvalue weighted by atomic mass is 9.82. The van der Waals surface area contributed by atoms with Crippen LogP contribution in [0.1, 0.15) is 75.6 Å². The summed E-state index contributed by atoms with van der Waals surface area (Å²) >= 11 is 6.18. The Morgan fingerprint density at radius 2 is 1.81 bits per heavy atom. The fourth-order valence-corrected chi connectivity index (χ4v) is 4.17. The lowest BCUT2D eigenvalue weighted by Crippen LogP contribution is -2.19. The smallest absolute Gasteiger partial charge is 0.137 e. The number of hydrogen-bond acceptors (Lipinski definition) is 3. The molecule has 0 fully saturated rings. The van der Waals surface area contributed by atoms with E-state index in [1.165, 1.54) is 28.8 Å². The summed E-state index contributed by atoms with van der Waals surface area (Å²) in [6.07, 6.45) is 3.20. The molecular formula is C27H37ClO3. The number of phenols is 1. The van der Waals surface area contributed by atoms with Crippen molar-refractivity contribution >= 4 is 17.4 Å². The summed E-state index contributed by atoms with van der Waals surface area (Å²) in [6.45, 7) is 11.1.